The molecular formula is C11H10Cl2N4O. The quantitative estimate of drug-likeness (QED) is 0.654. The lowest BCUT2D eigenvalue weighted by atomic mass is 10.1. The van der Waals surface area contributed by atoms with Crippen molar-refractivity contribution in [1.82, 2.24) is 9.97 Å². The van der Waals surface area contributed by atoms with Crippen LogP contribution in [0.5, 0.6) is 5.75 Å². The molecule has 0 fully saturated rings. The van der Waals surface area contributed by atoms with Crippen LogP contribution in [-0.4, -0.2) is 17.1 Å². The van der Waals surface area contributed by atoms with E-state index in [1.54, 1.807) is 12.1 Å². The predicted octanol–water partition coefficient (Wildman–Crippen LogP) is 2.62. The Balaban J connectivity index is 2.77. The Labute approximate surface area is 114 Å². The maximum Gasteiger partial charge on any atom is 0.222 e. The average Bonchev–Trinajstić information content (AvgIpc) is 2.36. The molecule has 0 aliphatic rings. The van der Waals surface area contributed by atoms with Crippen LogP contribution in [0.2, 0.25) is 10.3 Å². The Bertz CT molecular complexity index is 604. The number of hydrogen-bond acceptors (Lipinski definition) is 5. The topological polar surface area (TPSA) is 87.0 Å². The van der Waals surface area contributed by atoms with Crippen LogP contribution in [0.15, 0.2) is 18.3 Å². The molecule has 1 aromatic carbocycles. The molecule has 18 heavy (non-hydrogen) atoms. The molecule has 0 radical (unpaired) electrons. The highest BCUT2D eigenvalue weighted by atomic mass is 35.5. The van der Waals surface area contributed by atoms with E-state index in [0.29, 0.717) is 33.4 Å². The van der Waals surface area contributed by atoms with Crippen LogP contribution in [0.3, 0.4) is 0 Å². The van der Waals surface area contributed by atoms with E-state index < -0.39 is 0 Å². The summed E-state index contributed by atoms with van der Waals surface area (Å²) < 4.78 is 5.23. The number of benzene rings is 1. The van der Waals surface area contributed by atoms with Crippen LogP contribution in [-0.2, 0) is 0 Å². The molecule has 0 aliphatic heterocycles. The Morgan fingerprint density at radius 2 is 1.94 bits per heavy atom. The van der Waals surface area contributed by atoms with Crippen molar-refractivity contribution < 1.29 is 4.74 Å². The second-order valence-corrected chi connectivity index (χ2v) is 4.23. The minimum Gasteiger partial charge on any atom is -0.496 e. The molecule has 0 saturated carbocycles. The van der Waals surface area contributed by atoms with Gasteiger partial charge in [-0.05, 0) is 23.7 Å². The van der Waals surface area contributed by atoms with Crippen LogP contribution in [0, 0.1) is 0 Å². The summed E-state index contributed by atoms with van der Waals surface area (Å²) in [5.41, 5.74) is 13.4. The van der Waals surface area contributed by atoms with Crippen molar-refractivity contribution in [2.75, 3.05) is 18.6 Å². The van der Waals surface area contributed by atoms with Crippen molar-refractivity contribution in [3.05, 3.63) is 28.6 Å². The van der Waals surface area contributed by atoms with Gasteiger partial charge in [-0.3, -0.25) is 0 Å². The Hall–Kier alpha value is -1.72. The molecule has 0 bridgehead atoms. The van der Waals surface area contributed by atoms with Gasteiger partial charge in [0.1, 0.15) is 5.75 Å². The highest BCUT2D eigenvalue weighted by molar-refractivity contribution is 6.34. The van der Waals surface area contributed by atoms with Gasteiger partial charge in [0.15, 0.2) is 0 Å². The number of hydrogen-bond donors (Lipinski definition) is 2. The molecule has 94 valence electrons. The van der Waals surface area contributed by atoms with E-state index in [1.165, 1.54) is 13.3 Å². The third-order valence-corrected chi connectivity index (χ3v) is 2.87. The lowest BCUT2D eigenvalue weighted by Crippen LogP contribution is -2.01. The van der Waals surface area contributed by atoms with Crippen molar-refractivity contribution >= 4 is 34.6 Å². The van der Waals surface area contributed by atoms with Gasteiger partial charge in [0.2, 0.25) is 5.28 Å². The first-order valence-electron chi connectivity index (χ1n) is 4.95. The van der Waals surface area contributed by atoms with Crippen molar-refractivity contribution in [2.45, 2.75) is 0 Å². The summed E-state index contributed by atoms with van der Waals surface area (Å²) in [4.78, 5) is 7.84. The van der Waals surface area contributed by atoms with Crippen LogP contribution in [0.1, 0.15) is 0 Å². The van der Waals surface area contributed by atoms with Crippen LogP contribution < -0.4 is 16.2 Å². The summed E-state index contributed by atoms with van der Waals surface area (Å²) in [5, 5.41) is 0.383. The molecule has 0 spiro atoms. The number of nitrogens with two attached hydrogens (primary N) is 2. The van der Waals surface area contributed by atoms with Crippen molar-refractivity contribution in [2.24, 2.45) is 0 Å². The SMILES string of the molecule is COc1ccc(N)c(N)c1-c1nc(Cl)ncc1Cl. The fourth-order valence-electron chi connectivity index (χ4n) is 1.55. The zero-order valence-electron chi connectivity index (χ0n) is 9.45. The minimum atomic E-state index is 0.0678. The molecule has 0 aliphatic carbocycles. The molecule has 0 unspecified atom stereocenters. The van der Waals surface area contributed by atoms with Gasteiger partial charge in [0, 0.05) is 0 Å². The summed E-state index contributed by atoms with van der Waals surface area (Å²) in [6, 6.07) is 3.34. The van der Waals surface area contributed by atoms with E-state index in [4.69, 9.17) is 39.4 Å². The average molecular weight is 285 g/mol. The molecule has 2 rings (SSSR count). The van der Waals surface area contributed by atoms with Crippen LogP contribution in [0.4, 0.5) is 11.4 Å². The number of rotatable bonds is 2. The van der Waals surface area contributed by atoms with E-state index in [-0.39, 0.29) is 5.28 Å². The maximum absolute atomic E-state index is 6.05. The van der Waals surface area contributed by atoms with Gasteiger partial charge in [0.05, 0.1) is 41.0 Å². The van der Waals surface area contributed by atoms with E-state index in [1.807, 2.05) is 0 Å². The third kappa shape index (κ3) is 2.14. The predicted molar refractivity (Wildman–Crippen MR) is 72.9 cm³/mol. The summed E-state index contributed by atoms with van der Waals surface area (Å²) in [7, 11) is 1.52. The lowest BCUT2D eigenvalue weighted by Gasteiger charge is -2.13. The molecule has 4 N–H and O–H groups in total. The number of aromatic nitrogens is 2. The van der Waals surface area contributed by atoms with Gasteiger partial charge in [-0.25, -0.2) is 9.97 Å². The largest absolute Gasteiger partial charge is 0.496 e. The first kappa shape index (κ1) is 12.7. The van der Waals surface area contributed by atoms with Gasteiger partial charge >= 0.3 is 0 Å². The van der Waals surface area contributed by atoms with E-state index in [2.05, 4.69) is 9.97 Å². The maximum atomic E-state index is 6.05. The molecule has 5 nitrogen and oxygen atoms in total. The molecule has 0 saturated heterocycles. The van der Waals surface area contributed by atoms with E-state index >= 15 is 0 Å². The summed E-state index contributed by atoms with van der Waals surface area (Å²) in [6.07, 6.45) is 1.40. The zero-order chi connectivity index (χ0) is 13.3. The Kier molecular flexibility index (Phi) is 3.45. The summed E-state index contributed by atoms with van der Waals surface area (Å²) in [5.74, 6) is 0.512. The van der Waals surface area contributed by atoms with E-state index in [9.17, 15) is 0 Å². The monoisotopic (exact) mass is 284 g/mol. The normalized spacial score (nSPS) is 10.4. The Morgan fingerprint density at radius 3 is 2.61 bits per heavy atom. The fraction of sp³-hybridized carbons (Fsp3) is 0.0909. The highest BCUT2D eigenvalue weighted by Crippen LogP contribution is 2.40. The zero-order valence-corrected chi connectivity index (χ0v) is 11.0. The van der Waals surface area contributed by atoms with Gasteiger partial charge in [0.25, 0.3) is 0 Å². The first-order chi connectivity index (χ1) is 8.54. The fourth-order valence-corrected chi connectivity index (χ4v) is 1.87. The minimum absolute atomic E-state index is 0.0678. The number of anilines is 2. The molecule has 0 amide bonds. The first-order valence-corrected chi connectivity index (χ1v) is 5.70. The van der Waals surface area contributed by atoms with Gasteiger partial charge in [-0.2, -0.15) is 0 Å². The second-order valence-electron chi connectivity index (χ2n) is 3.48. The second kappa shape index (κ2) is 4.88. The molecule has 1 aromatic heterocycles. The smallest absolute Gasteiger partial charge is 0.222 e. The standard InChI is InChI=1S/C11H10Cl2N4O/c1-18-7-3-2-6(14)9(15)8(7)10-5(12)4-16-11(13)17-10/h2-4H,14-15H2,1H3. The van der Waals surface area contributed by atoms with Crippen molar-refractivity contribution in [3.63, 3.8) is 0 Å². The molecule has 1 heterocycles. The lowest BCUT2D eigenvalue weighted by molar-refractivity contribution is 0.416. The number of halogens is 2. The van der Waals surface area contributed by atoms with Gasteiger partial charge < -0.3 is 16.2 Å². The summed E-state index contributed by atoms with van der Waals surface area (Å²) >= 11 is 11.8. The van der Waals surface area contributed by atoms with Crippen LogP contribution >= 0.6 is 23.2 Å². The number of ether oxygens (including phenoxy) is 1. The van der Waals surface area contributed by atoms with Crippen molar-refractivity contribution in [3.8, 4) is 17.0 Å². The van der Waals surface area contributed by atoms with Crippen molar-refractivity contribution in [1.29, 1.82) is 0 Å². The van der Waals surface area contributed by atoms with E-state index in [0.717, 1.165) is 0 Å². The Morgan fingerprint density at radius 1 is 1.22 bits per heavy atom. The van der Waals surface area contributed by atoms with Crippen LogP contribution in [0.25, 0.3) is 11.3 Å². The molecule has 2 aromatic rings. The summed E-state index contributed by atoms with van der Waals surface area (Å²) in [6.45, 7) is 0. The highest BCUT2D eigenvalue weighted by Gasteiger charge is 2.17. The van der Waals surface area contributed by atoms with Gasteiger partial charge in [-0.15, -0.1) is 0 Å². The number of nitrogens with zero attached hydrogens (tertiary/aromatic N) is 2. The molecule has 0 atom stereocenters. The number of nitrogen functional groups attached to an aromatic ring is 2. The van der Waals surface area contributed by atoms with Gasteiger partial charge in [-0.1, -0.05) is 11.6 Å². The number of methoxy groups -OCH3 is 1. The molecule has 7 heteroatoms. The third-order valence-electron chi connectivity index (χ3n) is 2.41. The molecular weight excluding hydrogens is 275 g/mol.